The monoisotopic (exact) mass is 295 g/mol. The molecule has 1 aromatic carbocycles. The highest BCUT2D eigenvalue weighted by Crippen LogP contribution is 2.09. The Morgan fingerprint density at radius 1 is 1.14 bits per heavy atom. The molecule has 1 aromatic rings. The number of carbonyl (C=O) groups excluding carboxylic acids is 2. The smallest absolute Gasteiger partial charge is 0.306 e. The summed E-state index contributed by atoms with van der Waals surface area (Å²) in [6, 6.07) is 6.14. The number of hydrogen-bond donors (Lipinski definition) is 1. The zero-order valence-electron chi connectivity index (χ0n) is 12.7. The second kappa shape index (κ2) is 7.76. The van der Waals surface area contributed by atoms with Crippen molar-refractivity contribution < 1.29 is 18.7 Å². The van der Waals surface area contributed by atoms with Gasteiger partial charge in [0.05, 0.1) is 6.42 Å². The Hall–Kier alpha value is -1.91. The molecule has 0 spiro atoms. The van der Waals surface area contributed by atoms with Crippen LogP contribution < -0.4 is 5.32 Å². The molecule has 0 aromatic heterocycles. The number of nitrogens with one attached hydrogen (secondary N) is 1. The molecule has 1 amide bonds. The van der Waals surface area contributed by atoms with Crippen LogP contribution in [0.1, 0.15) is 39.2 Å². The molecule has 21 heavy (non-hydrogen) atoms. The van der Waals surface area contributed by atoms with E-state index in [0.29, 0.717) is 13.0 Å². The molecule has 0 saturated heterocycles. The lowest BCUT2D eigenvalue weighted by molar-refractivity contribution is -0.155. The van der Waals surface area contributed by atoms with Crippen molar-refractivity contribution in [1.82, 2.24) is 5.32 Å². The van der Waals surface area contributed by atoms with Crippen LogP contribution in [0.25, 0.3) is 0 Å². The Labute approximate surface area is 124 Å². The van der Waals surface area contributed by atoms with Gasteiger partial charge in [-0.05, 0) is 44.9 Å². The maximum Gasteiger partial charge on any atom is 0.306 e. The molecule has 0 heterocycles. The lowest BCUT2D eigenvalue weighted by Crippen LogP contribution is -2.28. The van der Waals surface area contributed by atoms with Crippen molar-refractivity contribution in [3.05, 3.63) is 35.6 Å². The van der Waals surface area contributed by atoms with Gasteiger partial charge in [-0.15, -0.1) is 0 Å². The maximum absolute atomic E-state index is 12.7. The fourth-order valence-electron chi connectivity index (χ4n) is 1.69. The molecule has 0 radical (unpaired) electrons. The summed E-state index contributed by atoms with van der Waals surface area (Å²) in [6.07, 6.45) is 0.802. The molecular formula is C16H22FNO3. The predicted octanol–water partition coefficient (Wildman–Crippen LogP) is 2.61. The predicted molar refractivity (Wildman–Crippen MR) is 78.2 cm³/mol. The van der Waals surface area contributed by atoms with Crippen molar-refractivity contribution in [3.8, 4) is 0 Å². The largest absolute Gasteiger partial charge is 0.460 e. The molecule has 0 fully saturated rings. The van der Waals surface area contributed by atoms with Gasteiger partial charge in [0, 0.05) is 13.0 Å². The van der Waals surface area contributed by atoms with Crippen molar-refractivity contribution in [3.63, 3.8) is 0 Å². The van der Waals surface area contributed by atoms with E-state index in [1.54, 1.807) is 32.9 Å². The number of benzene rings is 1. The molecule has 4 nitrogen and oxygen atoms in total. The highest BCUT2D eigenvalue weighted by molar-refractivity contribution is 5.81. The standard InChI is InChI=1S/C16H22FNO3/c1-16(2,3)21-15(20)9-8-14(19)18-11-10-12-4-6-13(17)7-5-12/h4-7H,8-11H2,1-3H3,(H,18,19). The summed E-state index contributed by atoms with van der Waals surface area (Å²) in [5.41, 5.74) is 0.416. The number of ether oxygens (including phenoxy) is 1. The van der Waals surface area contributed by atoms with E-state index in [0.717, 1.165) is 5.56 Å². The first-order valence-electron chi connectivity index (χ1n) is 6.99. The topological polar surface area (TPSA) is 55.4 Å². The Morgan fingerprint density at radius 2 is 1.76 bits per heavy atom. The SMILES string of the molecule is CC(C)(C)OC(=O)CCC(=O)NCCc1ccc(F)cc1. The molecular weight excluding hydrogens is 273 g/mol. The van der Waals surface area contributed by atoms with Crippen LogP contribution in [0.5, 0.6) is 0 Å². The van der Waals surface area contributed by atoms with Gasteiger partial charge < -0.3 is 10.1 Å². The molecule has 0 aliphatic rings. The summed E-state index contributed by atoms with van der Waals surface area (Å²) < 4.78 is 17.8. The van der Waals surface area contributed by atoms with Crippen LogP contribution in [0.2, 0.25) is 0 Å². The number of amides is 1. The number of hydrogen-bond acceptors (Lipinski definition) is 3. The van der Waals surface area contributed by atoms with Crippen LogP contribution >= 0.6 is 0 Å². The Bertz CT molecular complexity index is 477. The molecule has 1 N–H and O–H groups in total. The van der Waals surface area contributed by atoms with Gasteiger partial charge in [-0.2, -0.15) is 0 Å². The van der Waals surface area contributed by atoms with Crippen LogP contribution in [0, 0.1) is 5.82 Å². The van der Waals surface area contributed by atoms with Gasteiger partial charge >= 0.3 is 5.97 Å². The first kappa shape index (κ1) is 17.1. The van der Waals surface area contributed by atoms with E-state index in [-0.39, 0.29) is 30.5 Å². The number of esters is 1. The van der Waals surface area contributed by atoms with Crippen molar-refractivity contribution in [1.29, 1.82) is 0 Å². The molecule has 0 unspecified atom stereocenters. The van der Waals surface area contributed by atoms with Gasteiger partial charge in [0.1, 0.15) is 11.4 Å². The maximum atomic E-state index is 12.7. The van der Waals surface area contributed by atoms with Crippen LogP contribution in [-0.2, 0) is 20.7 Å². The van der Waals surface area contributed by atoms with Gasteiger partial charge in [0.15, 0.2) is 0 Å². The molecule has 0 aliphatic heterocycles. The summed E-state index contributed by atoms with van der Waals surface area (Å²) in [5.74, 6) is -0.848. The second-order valence-electron chi connectivity index (χ2n) is 5.81. The highest BCUT2D eigenvalue weighted by Gasteiger charge is 2.16. The first-order chi connectivity index (χ1) is 9.76. The van der Waals surface area contributed by atoms with Gasteiger partial charge in [-0.1, -0.05) is 12.1 Å². The van der Waals surface area contributed by atoms with Gasteiger partial charge in [-0.3, -0.25) is 9.59 Å². The van der Waals surface area contributed by atoms with E-state index in [4.69, 9.17) is 4.74 Å². The van der Waals surface area contributed by atoms with Crippen molar-refractivity contribution in [2.45, 2.75) is 45.6 Å². The fraction of sp³-hybridized carbons (Fsp3) is 0.500. The molecule has 0 aliphatic carbocycles. The van der Waals surface area contributed by atoms with Crippen molar-refractivity contribution in [2.24, 2.45) is 0 Å². The minimum atomic E-state index is -0.532. The van der Waals surface area contributed by atoms with E-state index in [2.05, 4.69) is 5.32 Å². The average molecular weight is 295 g/mol. The minimum Gasteiger partial charge on any atom is -0.460 e. The normalized spacial score (nSPS) is 11.0. The van der Waals surface area contributed by atoms with E-state index in [9.17, 15) is 14.0 Å². The van der Waals surface area contributed by atoms with Gasteiger partial charge in [0.25, 0.3) is 0 Å². The quantitative estimate of drug-likeness (QED) is 0.821. The second-order valence-corrected chi connectivity index (χ2v) is 5.81. The average Bonchev–Trinajstić information content (AvgIpc) is 2.37. The summed E-state index contributed by atoms with van der Waals surface area (Å²) in [4.78, 5) is 23.0. The zero-order valence-corrected chi connectivity index (χ0v) is 12.7. The van der Waals surface area contributed by atoms with E-state index in [1.165, 1.54) is 12.1 Å². The van der Waals surface area contributed by atoms with Crippen LogP contribution in [-0.4, -0.2) is 24.0 Å². The van der Waals surface area contributed by atoms with E-state index in [1.807, 2.05) is 0 Å². The third-order valence-electron chi connectivity index (χ3n) is 2.63. The van der Waals surface area contributed by atoms with Gasteiger partial charge in [-0.25, -0.2) is 4.39 Å². The highest BCUT2D eigenvalue weighted by atomic mass is 19.1. The fourth-order valence-corrected chi connectivity index (χ4v) is 1.69. The number of halogens is 1. The Morgan fingerprint density at radius 3 is 2.33 bits per heavy atom. The molecule has 0 saturated carbocycles. The number of carbonyl (C=O) groups is 2. The van der Waals surface area contributed by atoms with Crippen LogP contribution in [0.4, 0.5) is 4.39 Å². The summed E-state index contributed by atoms with van der Waals surface area (Å²) >= 11 is 0. The molecule has 0 bridgehead atoms. The van der Waals surface area contributed by atoms with Gasteiger partial charge in [0.2, 0.25) is 5.91 Å². The lowest BCUT2D eigenvalue weighted by Gasteiger charge is -2.19. The van der Waals surface area contributed by atoms with Crippen LogP contribution in [0.3, 0.4) is 0 Å². The van der Waals surface area contributed by atoms with Crippen molar-refractivity contribution >= 4 is 11.9 Å². The van der Waals surface area contributed by atoms with E-state index >= 15 is 0 Å². The van der Waals surface area contributed by atoms with Crippen molar-refractivity contribution in [2.75, 3.05) is 6.54 Å². The molecule has 1 rings (SSSR count). The summed E-state index contributed by atoms with van der Waals surface area (Å²) in [7, 11) is 0. The summed E-state index contributed by atoms with van der Waals surface area (Å²) in [5, 5.41) is 2.72. The van der Waals surface area contributed by atoms with Crippen LogP contribution in [0.15, 0.2) is 24.3 Å². The third kappa shape index (κ3) is 8.07. The molecule has 0 atom stereocenters. The Balaban J connectivity index is 2.19. The van der Waals surface area contributed by atoms with E-state index < -0.39 is 5.60 Å². The minimum absolute atomic E-state index is 0.0691. The number of rotatable bonds is 6. The molecule has 116 valence electrons. The summed E-state index contributed by atoms with van der Waals surface area (Å²) in [6.45, 7) is 5.81. The third-order valence-corrected chi connectivity index (χ3v) is 2.63. The Kier molecular flexibility index (Phi) is 6.34. The molecule has 5 heteroatoms. The zero-order chi connectivity index (χ0) is 15.9. The first-order valence-corrected chi connectivity index (χ1v) is 6.99. The lowest BCUT2D eigenvalue weighted by atomic mass is 10.1.